The lowest BCUT2D eigenvalue weighted by Crippen LogP contribution is -2.16. The van der Waals surface area contributed by atoms with Gasteiger partial charge in [0, 0.05) is 10.5 Å². The number of ether oxygens (including phenoxy) is 1. The monoisotopic (exact) mass is 352 g/mol. The number of benzene rings is 2. The largest absolute Gasteiger partial charge is 0.493 e. The normalized spacial score (nSPS) is 10.2. The molecule has 110 valence electrons. The highest BCUT2D eigenvalue weighted by molar-refractivity contribution is 9.10. The van der Waals surface area contributed by atoms with Crippen molar-refractivity contribution in [1.29, 1.82) is 0 Å². The van der Waals surface area contributed by atoms with Crippen LogP contribution in [0.2, 0.25) is 0 Å². The zero-order valence-electron chi connectivity index (χ0n) is 11.1. The number of hydrogen-bond donors (Lipinski definition) is 2. The summed E-state index contributed by atoms with van der Waals surface area (Å²) in [6.45, 7) is 0.147. The molecule has 3 N–H and O–H groups in total. The zero-order chi connectivity index (χ0) is 15.2. The molecule has 0 saturated carbocycles. The predicted molar refractivity (Wildman–Crippen MR) is 83.7 cm³/mol. The van der Waals surface area contributed by atoms with E-state index in [2.05, 4.69) is 21.2 Å². The third kappa shape index (κ3) is 4.75. The van der Waals surface area contributed by atoms with Crippen molar-refractivity contribution < 1.29 is 13.9 Å². The van der Waals surface area contributed by atoms with Crippen LogP contribution in [0, 0.1) is 5.82 Å². The van der Waals surface area contributed by atoms with E-state index < -0.39 is 5.82 Å². The number of rotatable bonds is 5. The number of nitrogens with two attached hydrogens (primary N) is 1. The summed E-state index contributed by atoms with van der Waals surface area (Å²) in [6, 6.07) is 11.2. The van der Waals surface area contributed by atoms with Gasteiger partial charge in [0.1, 0.15) is 11.6 Å². The van der Waals surface area contributed by atoms with Gasteiger partial charge < -0.3 is 15.8 Å². The van der Waals surface area contributed by atoms with Gasteiger partial charge in [0.25, 0.3) is 0 Å². The molecule has 0 aromatic heterocycles. The van der Waals surface area contributed by atoms with E-state index in [9.17, 15) is 9.18 Å². The predicted octanol–water partition coefficient (Wildman–Crippen LogP) is 3.58. The van der Waals surface area contributed by atoms with Gasteiger partial charge in [-0.1, -0.05) is 28.1 Å². The minimum absolute atomic E-state index is 0.141. The molecule has 0 bridgehead atoms. The molecule has 0 fully saturated rings. The Labute approximate surface area is 130 Å². The average Bonchev–Trinajstić information content (AvgIpc) is 2.40. The molecule has 4 nitrogen and oxygen atoms in total. The van der Waals surface area contributed by atoms with Crippen LogP contribution < -0.4 is 15.8 Å². The Bertz CT molecular complexity index is 629. The van der Waals surface area contributed by atoms with Gasteiger partial charge in [0.05, 0.1) is 24.4 Å². The quantitative estimate of drug-likeness (QED) is 0.808. The van der Waals surface area contributed by atoms with Crippen LogP contribution in [-0.2, 0) is 4.79 Å². The molecular formula is C15H14BrFN2O2. The van der Waals surface area contributed by atoms with E-state index in [4.69, 9.17) is 10.5 Å². The summed E-state index contributed by atoms with van der Waals surface area (Å²) >= 11 is 3.17. The Morgan fingerprint density at radius 2 is 2.05 bits per heavy atom. The zero-order valence-corrected chi connectivity index (χ0v) is 12.7. The third-order valence-corrected chi connectivity index (χ3v) is 3.13. The molecule has 0 aliphatic heterocycles. The van der Waals surface area contributed by atoms with Gasteiger partial charge in [-0.05, 0) is 24.3 Å². The maximum absolute atomic E-state index is 13.1. The van der Waals surface area contributed by atoms with Crippen LogP contribution in [0.25, 0.3) is 0 Å². The smallest absolute Gasteiger partial charge is 0.227 e. The Balaban J connectivity index is 1.83. The summed E-state index contributed by atoms with van der Waals surface area (Å²) in [4.78, 5) is 11.8. The maximum Gasteiger partial charge on any atom is 0.227 e. The number of para-hydroxylation sites is 2. The van der Waals surface area contributed by atoms with Crippen LogP contribution in [0.3, 0.4) is 0 Å². The minimum Gasteiger partial charge on any atom is -0.493 e. The van der Waals surface area contributed by atoms with E-state index in [0.717, 1.165) is 0 Å². The van der Waals surface area contributed by atoms with Crippen molar-refractivity contribution in [3.63, 3.8) is 0 Å². The molecule has 2 rings (SSSR count). The molecule has 2 aromatic carbocycles. The number of nitrogens with one attached hydrogen (secondary N) is 1. The second-order valence-corrected chi connectivity index (χ2v) is 5.25. The summed E-state index contributed by atoms with van der Waals surface area (Å²) in [5.41, 5.74) is 6.80. The van der Waals surface area contributed by atoms with Crippen LogP contribution in [0.5, 0.6) is 5.75 Å². The van der Waals surface area contributed by atoms with Crippen LogP contribution in [0.4, 0.5) is 15.8 Å². The van der Waals surface area contributed by atoms with Crippen molar-refractivity contribution in [3.8, 4) is 5.75 Å². The van der Waals surface area contributed by atoms with Crippen molar-refractivity contribution >= 4 is 33.2 Å². The molecule has 0 unspecified atom stereocenters. The Hall–Kier alpha value is -2.08. The van der Waals surface area contributed by atoms with Crippen LogP contribution in [0.1, 0.15) is 6.42 Å². The molecule has 0 aliphatic rings. The number of nitrogen functional groups attached to an aromatic ring is 1. The number of halogens is 2. The molecular weight excluding hydrogens is 339 g/mol. The van der Waals surface area contributed by atoms with E-state index in [1.165, 1.54) is 12.1 Å². The third-order valence-electron chi connectivity index (χ3n) is 2.67. The molecule has 0 atom stereocenters. The van der Waals surface area contributed by atoms with Crippen molar-refractivity contribution in [2.75, 3.05) is 17.7 Å². The van der Waals surface area contributed by atoms with E-state index in [-0.39, 0.29) is 18.9 Å². The first kappa shape index (κ1) is 15.3. The highest BCUT2D eigenvalue weighted by atomic mass is 79.9. The number of anilines is 2. The standard InChI is InChI=1S/C15H14BrFN2O2/c16-10-7-11(17)9-12(8-10)21-6-5-15(20)19-14-4-2-1-3-13(14)18/h1-4,7-9H,5-6,18H2,(H,19,20). The summed E-state index contributed by atoms with van der Waals surface area (Å²) < 4.78 is 19.1. The van der Waals surface area contributed by atoms with Crippen molar-refractivity contribution in [2.24, 2.45) is 0 Å². The molecule has 21 heavy (non-hydrogen) atoms. The van der Waals surface area contributed by atoms with Gasteiger partial charge in [0.2, 0.25) is 5.91 Å². The van der Waals surface area contributed by atoms with Crippen LogP contribution in [0.15, 0.2) is 46.9 Å². The van der Waals surface area contributed by atoms with Gasteiger partial charge in [-0.15, -0.1) is 0 Å². The highest BCUT2D eigenvalue weighted by Gasteiger charge is 2.06. The fourth-order valence-corrected chi connectivity index (χ4v) is 2.14. The Morgan fingerprint density at radius 1 is 1.29 bits per heavy atom. The average molecular weight is 353 g/mol. The van der Waals surface area contributed by atoms with E-state index in [1.807, 2.05) is 0 Å². The van der Waals surface area contributed by atoms with Gasteiger partial charge in [0.15, 0.2) is 0 Å². The van der Waals surface area contributed by atoms with Gasteiger partial charge >= 0.3 is 0 Å². The summed E-state index contributed by atoms with van der Waals surface area (Å²) in [7, 11) is 0. The number of amides is 1. The topological polar surface area (TPSA) is 64.3 Å². The molecule has 0 spiro atoms. The SMILES string of the molecule is Nc1ccccc1NC(=O)CCOc1cc(F)cc(Br)c1. The first-order valence-electron chi connectivity index (χ1n) is 6.28. The first-order chi connectivity index (χ1) is 10.0. The highest BCUT2D eigenvalue weighted by Crippen LogP contribution is 2.21. The summed E-state index contributed by atoms with van der Waals surface area (Å²) in [5, 5.41) is 2.69. The lowest BCUT2D eigenvalue weighted by atomic mass is 10.2. The fraction of sp³-hybridized carbons (Fsp3) is 0.133. The first-order valence-corrected chi connectivity index (χ1v) is 7.07. The van der Waals surface area contributed by atoms with Crippen LogP contribution in [-0.4, -0.2) is 12.5 Å². The van der Waals surface area contributed by atoms with E-state index >= 15 is 0 Å². The molecule has 6 heteroatoms. The van der Waals surface area contributed by atoms with Crippen molar-refractivity contribution in [3.05, 3.63) is 52.8 Å². The Morgan fingerprint density at radius 3 is 2.76 bits per heavy atom. The second kappa shape index (κ2) is 7.08. The molecule has 0 radical (unpaired) electrons. The fourth-order valence-electron chi connectivity index (χ4n) is 1.70. The number of hydrogen-bond acceptors (Lipinski definition) is 3. The van der Waals surface area contributed by atoms with E-state index in [0.29, 0.717) is 21.6 Å². The molecule has 2 aromatic rings. The Kier molecular flexibility index (Phi) is 5.16. The lowest BCUT2D eigenvalue weighted by molar-refractivity contribution is -0.116. The van der Waals surface area contributed by atoms with Gasteiger partial charge in [-0.3, -0.25) is 4.79 Å². The van der Waals surface area contributed by atoms with Crippen LogP contribution >= 0.6 is 15.9 Å². The molecule has 1 amide bonds. The van der Waals surface area contributed by atoms with Crippen molar-refractivity contribution in [2.45, 2.75) is 6.42 Å². The number of carbonyl (C=O) groups excluding carboxylic acids is 1. The van der Waals surface area contributed by atoms with E-state index in [1.54, 1.807) is 30.3 Å². The lowest BCUT2D eigenvalue weighted by Gasteiger charge is -2.09. The molecule has 0 heterocycles. The molecule has 0 aliphatic carbocycles. The van der Waals surface area contributed by atoms with Crippen molar-refractivity contribution in [1.82, 2.24) is 0 Å². The second-order valence-electron chi connectivity index (χ2n) is 4.34. The van der Waals surface area contributed by atoms with Gasteiger partial charge in [-0.2, -0.15) is 0 Å². The maximum atomic E-state index is 13.1. The summed E-state index contributed by atoms with van der Waals surface area (Å²) in [5.74, 6) is -0.252. The number of carbonyl (C=O) groups is 1. The summed E-state index contributed by atoms with van der Waals surface area (Å²) in [6.07, 6.45) is 0.141. The molecule has 0 saturated heterocycles. The van der Waals surface area contributed by atoms with Gasteiger partial charge in [-0.25, -0.2) is 4.39 Å². The minimum atomic E-state index is -0.402.